The highest BCUT2D eigenvalue weighted by Crippen LogP contribution is 2.30. The average Bonchev–Trinajstić information content (AvgIpc) is 3.14. The lowest BCUT2D eigenvalue weighted by atomic mass is 9.93. The number of methoxy groups -OCH3 is 1. The maximum absolute atomic E-state index is 5.13. The Labute approximate surface area is 148 Å². The predicted molar refractivity (Wildman–Crippen MR) is 97.4 cm³/mol. The van der Waals surface area contributed by atoms with E-state index in [2.05, 4.69) is 47.2 Å². The van der Waals surface area contributed by atoms with Gasteiger partial charge in [-0.15, -0.1) is 11.3 Å². The minimum absolute atomic E-state index is 0.112. The van der Waals surface area contributed by atoms with Crippen LogP contribution in [0.4, 0.5) is 0 Å². The third-order valence-electron chi connectivity index (χ3n) is 4.46. The molecule has 1 aliphatic heterocycles. The Morgan fingerprint density at radius 3 is 2.96 bits per heavy atom. The molecule has 0 amide bonds. The second-order valence-corrected chi connectivity index (χ2v) is 8.51. The molecule has 1 N–H and O–H groups in total. The van der Waals surface area contributed by atoms with Crippen molar-refractivity contribution in [1.82, 2.24) is 19.9 Å². The van der Waals surface area contributed by atoms with Crippen molar-refractivity contribution in [3.05, 3.63) is 33.8 Å². The highest BCUT2D eigenvalue weighted by molar-refractivity contribution is 7.09. The van der Waals surface area contributed by atoms with E-state index in [0.29, 0.717) is 12.5 Å². The van der Waals surface area contributed by atoms with Gasteiger partial charge in [-0.05, 0) is 12.8 Å². The lowest BCUT2D eigenvalue weighted by Gasteiger charge is -2.23. The number of nitrogens with zero attached hydrogens (tertiary/aromatic N) is 3. The molecule has 0 fully saturated rings. The zero-order valence-electron chi connectivity index (χ0n) is 15.1. The summed E-state index contributed by atoms with van der Waals surface area (Å²) < 4.78 is 7.48. The summed E-state index contributed by atoms with van der Waals surface area (Å²) in [5.74, 6) is 1.74. The van der Waals surface area contributed by atoms with Gasteiger partial charge in [0.05, 0.1) is 18.0 Å². The highest BCUT2D eigenvalue weighted by atomic mass is 32.1. The summed E-state index contributed by atoms with van der Waals surface area (Å²) in [6, 6.07) is 0. The molecule has 2 aromatic rings. The zero-order chi connectivity index (χ0) is 17.2. The number of aryl methyl sites for hydroxylation is 1. The molecule has 1 aliphatic rings. The van der Waals surface area contributed by atoms with Crippen LogP contribution in [0.3, 0.4) is 0 Å². The van der Waals surface area contributed by atoms with E-state index in [4.69, 9.17) is 9.72 Å². The van der Waals surface area contributed by atoms with Crippen molar-refractivity contribution >= 4 is 11.3 Å². The van der Waals surface area contributed by atoms with Crippen LogP contribution in [0.5, 0.6) is 0 Å². The normalized spacial score (nSPS) is 17.9. The number of nitrogens with one attached hydrogen (secondary N) is 1. The first-order valence-corrected chi connectivity index (χ1v) is 9.56. The Kier molecular flexibility index (Phi) is 5.37. The van der Waals surface area contributed by atoms with Crippen LogP contribution in [-0.4, -0.2) is 28.2 Å². The molecule has 0 aromatic carbocycles. The smallest absolute Gasteiger partial charge is 0.119 e. The van der Waals surface area contributed by atoms with Crippen LogP contribution >= 0.6 is 11.3 Å². The Hall–Kier alpha value is -1.24. The first-order valence-electron chi connectivity index (χ1n) is 8.68. The van der Waals surface area contributed by atoms with Crippen LogP contribution in [0.15, 0.2) is 11.6 Å². The van der Waals surface area contributed by atoms with E-state index in [1.54, 1.807) is 18.4 Å². The van der Waals surface area contributed by atoms with Crippen LogP contribution in [-0.2, 0) is 29.8 Å². The van der Waals surface area contributed by atoms with E-state index in [1.165, 1.54) is 24.4 Å². The van der Waals surface area contributed by atoms with E-state index < -0.39 is 0 Å². The van der Waals surface area contributed by atoms with E-state index in [-0.39, 0.29) is 5.41 Å². The van der Waals surface area contributed by atoms with Gasteiger partial charge < -0.3 is 14.6 Å². The lowest BCUT2D eigenvalue weighted by Crippen LogP contribution is -2.26. The van der Waals surface area contributed by atoms with Crippen molar-refractivity contribution in [1.29, 1.82) is 0 Å². The summed E-state index contributed by atoms with van der Waals surface area (Å²) in [5, 5.41) is 6.72. The maximum atomic E-state index is 5.13. The molecule has 1 unspecified atom stereocenters. The quantitative estimate of drug-likeness (QED) is 0.869. The number of aromatic nitrogens is 3. The van der Waals surface area contributed by atoms with E-state index in [9.17, 15) is 0 Å². The summed E-state index contributed by atoms with van der Waals surface area (Å²) in [7, 11) is 1.70. The standard InChI is InChI=1S/C18H28N4OS/c1-18(2,3)15-10-22-7-5-6-13(17(22)21-15)8-19-9-14-12-24-16(20-14)11-23-4/h10,12-13,19H,5-9,11H2,1-4H3. The fourth-order valence-electron chi connectivity index (χ4n) is 3.12. The fraction of sp³-hybridized carbons (Fsp3) is 0.667. The van der Waals surface area contributed by atoms with E-state index in [1.807, 2.05) is 0 Å². The monoisotopic (exact) mass is 348 g/mol. The average molecular weight is 349 g/mol. The maximum Gasteiger partial charge on any atom is 0.119 e. The number of fused-ring (bicyclic) bond motifs is 1. The molecule has 3 heterocycles. The van der Waals surface area contributed by atoms with Gasteiger partial charge in [0.1, 0.15) is 10.8 Å². The van der Waals surface area contributed by atoms with Gasteiger partial charge in [0.25, 0.3) is 0 Å². The van der Waals surface area contributed by atoms with Crippen molar-refractivity contribution < 1.29 is 4.74 Å². The van der Waals surface area contributed by atoms with Crippen LogP contribution in [0, 0.1) is 0 Å². The molecule has 24 heavy (non-hydrogen) atoms. The molecule has 0 aliphatic carbocycles. The molecule has 0 saturated carbocycles. The zero-order valence-corrected chi connectivity index (χ0v) is 15.9. The molecule has 0 saturated heterocycles. The third-order valence-corrected chi connectivity index (χ3v) is 5.33. The molecule has 5 nitrogen and oxygen atoms in total. The molecule has 3 rings (SSSR count). The molecule has 0 spiro atoms. The summed E-state index contributed by atoms with van der Waals surface area (Å²) in [4.78, 5) is 9.52. The Morgan fingerprint density at radius 2 is 2.21 bits per heavy atom. The fourth-order valence-corrected chi connectivity index (χ4v) is 3.89. The molecule has 0 radical (unpaired) electrons. The number of ether oxygens (including phenoxy) is 1. The van der Waals surface area contributed by atoms with Crippen LogP contribution in [0.2, 0.25) is 0 Å². The van der Waals surface area contributed by atoms with E-state index >= 15 is 0 Å². The molecular weight excluding hydrogens is 320 g/mol. The van der Waals surface area contributed by atoms with Gasteiger partial charge >= 0.3 is 0 Å². The second-order valence-electron chi connectivity index (χ2n) is 7.56. The minimum Gasteiger partial charge on any atom is -0.378 e. The van der Waals surface area contributed by atoms with Crippen molar-refractivity contribution in [2.75, 3.05) is 13.7 Å². The van der Waals surface area contributed by atoms with Crippen molar-refractivity contribution in [2.24, 2.45) is 0 Å². The number of hydrogen-bond acceptors (Lipinski definition) is 5. The third kappa shape index (κ3) is 4.05. The van der Waals surface area contributed by atoms with Gasteiger partial charge in [0.2, 0.25) is 0 Å². The Morgan fingerprint density at radius 1 is 1.38 bits per heavy atom. The van der Waals surface area contributed by atoms with E-state index in [0.717, 1.165) is 30.3 Å². The molecule has 132 valence electrons. The Balaban J connectivity index is 1.59. The second kappa shape index (κ2) is 7.33. The van der Waals surface area contributed by atoms with Crippen LogP contribution in [0.25, 0.3) is 0 Å². The molecule has 2 aromatic heterocycles. The number of imidazole rings is 1. The SMILES string of the molecule is COCc1nc(CNCC2CCCn3cc(C(C)(C)C)nc32)cs1. The summed E-state index contributed by atoms with van der Waals surface area (Å²) in [5.41, 5.74) is 2.41. The highest BCUT2D eigenvalue weighted by Gasteiger charge is 2.26. The summed E-state index contributed by atoms with van der Waals surface area (Å²) in [6.45, 7) is 10.2. The van der Waals surface area contributed by atoms with Gasteiger partial charge in [-0.3, -0.25) is 0 Å². The topological polar surface area (TPSA) is 52.0 Å². The van der Waals surface area contributed by atoms with Gasteiger partial charge in [-0.1, -0.05) is 20.8 Å². The minimum atomic E-state index is 0.112. The summed E-state index contributed by atoms with van der Waals surface area (Å²) >= 11 is 1.66. The van der Waals surface area contributed by atoms with Gasteiger partial charge in [0, 0.05) is 49.7 Å². The van der Waals surface area contributed by atoms with Crippen molar-refractivity contribution in [3.8, 4) is 0 Å². The lowest BCUT2D eigenvalue weighted by molar-refractivity contribution is 0.184. The predicted octanol–water partition coefficient (Wildman–Crippen LogP) is 3.45. The van der Waals surface area contributed by atoms with Crippen molar-refractivity contribution in [3.63, 3.8) is 0 Å². The first kappa shape index (κ1) is 17.6. The molecular formula is C18H28N4OS. The summed E-state index contributed by atoms with van der Waals surface area (Å²) in [6.07, 6.45) is 4.69. The van der Waals surface area contributed by atoms with Gasteiger partial charge in [0.15, 0.2) is 0 Å². The molecule has 1 atom stereocenters. The number of rotatable bonds is 6. The number of hydrogen-bond donors (Lipinski definition) is 1. The van der Waals surface area contributed by atoms with Crippen LogP contribution in [0.1, 0.15) is 61.8 Å². The van der Waals surface area contributed by atoms with Crippen LogP contribution < -0.4 is 5.32 Å². The largest absolute Gasteiger partial charge is 0.378 e. The molecule has 0 bridgehead atoms. The Bertz CT molecular complexity index is 671. The first-order chi connectivity index (χ1) is 11.5. The van der Waals surface area contributed by atoms with Gasteiger partial charge in [-0.25, -0.2) is 9.97 Å². The molecule has 6 heteroatoms. The van der Waals surface area contributed by atoms with Crippen molar-refractivity contribution in [2.45, 2.75) is 64.6 Å². The number of thiazole rings is 1. The van der Waals surface area contributed by atoms with Gasteiger partial charge in [-0.2, -0.15) is 0 Å².